The third-order valence-corrected chi connectivity index (χ3v) is 4.02. The lowest BCUT2D eigenvalue weighted by molar-refractivity contribution is 0.195. The highest BCUT2D eigenvalue weighted by Crippen LogP contribution is 2.37. The number of nitrogens with zero attached hydrogens (tertiary/aromatic N) is 2. The van der Waals surface area contributed by atoms with Gasteiger partial charge < -0.3 is 4.90 Å². The summed E-state index contributed by atoms with van der Waals surface area (Å²) in [5, 5.41) is 9.14. The molecule has 2 rings (SSSR count). The fourth-order valence-electron chi connectivity index (χ4n) is 2.10. The molecule has 1 aliphatic heterocycles. The summed E-state index contributed by atoms with van der Waals surface area (Å²) in [5.41, 5.74) is 2.18. The van der Waals surface area contributed by atoms with E-state index >= 15 is 0 Å². The largest absolute Gasteiger partial charge is 0.370 e. The molecule has 90 valence electrons. The summed E-state index contributed by atoms with van der Waals surface area (Å²) in [4.78, 5) is 2.29. The number of hydrogen-bond donors (Lipinski definition) is 0. The summed E-state index contributed by atoms with van der Waals surface area (Å²) in [7, 11) is 0. The van der Waals surface area contributed by atoms with Gasteiger partial charge in [-0.3, -0.25) is 0 Å². The molecule has 0 atom stereocenters. The molecule has 17 heavy (non-hydrogen) atoms. The Morgan fingerprint density at radius 1 is 1.35 bits per heavy atom. The van der Waals surface area contributed by atoms with E-state index in [1.807, 2.05) is 18.2 Å². The van der Waals surface area contributed by atoms with E-state index in [2.05, 4.69) is 47.7 Å². The van der Waals surface area contributed by atoms with Gasteiger partial charge in [-0.25, -0.2) is 0 Å². The third-order valence-electron chi connectivity index (χ3n) is 3.53. The predicted molar refractivity (Wildman–Crippen MR) is 74.0 cm³/mol. The van der Waals surface area contributed by atoms with Crippen molar-refractivity contribution in [2.75, 3.05) is 18.0 Å². The molecule has 0 saturated carbocycles. The van der Waals surface area contributed by atoms with Crippen LogP contribution in [0.15, 0.2) is 22.7 Å². The SMILES string of the molecule is CC(C)(C)C1CN(c2ccc(Br)cc2C#N)C1. The smallest absolute Gasteiger partial charge is 0.101 e. The van der Waals surface area contributed by atoms with Crippen molar-refractivity contribution in [3.63, 3.8) is 0 Å². The molecule has 0 bridgehead atoms. The topological polar surface area (TPSA) is 27.0 Å². The number of benzene rings is 1. The van der Waals surface area contributed by atoms with Gasteiger partial charge in [0.15, 0.2) is 0 Å². The van der Waals surface area contributed by atoms with E-state index in [-0.39, 0.29) is 0 Å². The van der Waals surface area contributed by atoms with Crippen LogP contribution in [0.25, 0.3) is 0 Å². The molecule has 1 fully saturated rings. The first-order valence-electron chi connectivity index (χ1n) is 5.86. The fourth-order valence-corrected chi connectivity index (χ4v) is 2.46. The number of rotatable bonds is 1. The highest BCUT2D eigenvalue weighted by atomic mass is 79.9. The second-order valence-electron chi connectivity index (χ2n) is 5.74. The van der Waals surface area contributed by atoms with Crippen LogP contribution in [0.2, 0.25) is 0 Å². The Bertz CT molecular complexity index is 462. The Morgan fingerprint density at radius 3 is 2.53 bits per heavy atom. The van der Waals surface area contributed by atoms with E-state index < -0.39 is 0 Å². The van der Waals surface area contributed by atoms with Gasteiger partial charge in [0.25, 0.3) is 0 Å². The maximum Gasteiger partial charge on any atom is 0.101 e. The van der Waals surface area contributed by atoms with Crippen LogP contribution in [0.1, 0.15) is 26.3 Å². The molecule has 2 nitrogen and oxygen atoms in total. The molecule has 0 aliphatic carbocycles. The second kappa shape index (κ2) is 4.34. The maximum absolute atomic E-state index is 9.14. The van der Waals surface area contributed by atoms with Gasteiger partial charge in [-0.1, -0.05) is 36.7 Å². The summed E-state index contributed by atoms with van der Waals surface area (Å²) in [6, 6.07) is 8.19. The molecule has 0 amide bonds. The van der Waals surface area contributed by atoms with Crippen molar-refractivity contribution in [1.29, 1.82) is 5.26 Å². The molecule has 0 radical (unpaired) electrons. The lowest BCUT2D eigenvalue weighted by atomic mass is 9.75. The number of anilines is 1. The quantitative estimate of drug-likeness (QED) is 0.787. The summed E-state index contributed by atoms with van der Waals surface area (Å²) in [6.45, 7) is 8.95. The van der Waals surface area contributed by atoms with Crippen LogP contribution in [0.4, 0.5) is 5.69 Å². The van der Waals surface area contributed by atoms with Gasteiger partial charge in [0.05, 0.1) is 11.3 Å². The normalized spacial score (nSPS) is 16.5. The van der Waals surface area contributed by atoms with E-state index in [0.29, 0.717) is 5.41 Å². The zero-order chi connectivity index (χ0) is 12.6. The van der Waals surface area contributed by atoms with Crippen LogP contribution in [-0.2, 0) is 0 Å². The van der Waals surface area contributed by atoms with Gasteiger partial charge >= 0.3 is 0 Å². The minimum absolute atomic E-state index is 0.360. The van der Waals surface area contributed by atoms with Crippen molar-refractivity contribution in [3.8, 4) is 6.07 Å². The molecule has 0 spiro atoms. The molecule has 1 heterocycles. The minimum Gasteiger partial charge on any atom is -0.370 e. The standard InChI is InChI=1S/C14H17BrN2/c1-14(2,3)11-8-17(9-11)13-5-4-12(15)6-10(13)7-16/h4-6,11H,8-9H2,1-3H3. The molecule has 0 N–H and O–H groups in total. The molecule has 1 aromatic rings. The van der Waals surface area contributed by atoms with E-state index in [1.165, 1.54) is 0 Å². The highest BCUT2D eigenvalue weighted by molar-refractivity contribution is 9.10. The number of halogens is 1. The zero-order valence-corrected chi connectivity index (χ0v) is 12.1. The molecule has 0 unspecified atom stereocenters. The van der Waals surface area contributed by atoms with Crippen LogP contribution >= 0.6 is 15.9 Å². The van der Waals surface area contributed by atoms with Gasteiger partial charge in [0.1, 0.15) is 6.07 Å². The monoisotopic (exact) mass is 292 g/mol. The second-order valence-corrected chi connectivity index (χ2v) is 6.66. The molecule has 1 saturated heterocycles. The van der Waals surface area contributed by atoms with E-state index in [0.717, 1.165) is 34.7 Å². The van der Waals surface area contributed by atoms with Crippen LogP contribution < -0.4 is 4.90 Å². The molecule has 0 aromatic heterocycles. The number of nitriles is 1. The van der Waals surface area contributed by atoms with Crippen LogP contribution in [0.5, 0.6) is 0 Å². The molecule has 1 aliphatic rings. The van der Waals surface area contributed by atoms with Crippen LogP contribution in [-0.4, -0.2) is 13.1 Å². The van der Waals surface area contributed by atoms with Crippen LogP contribution in [0, 0.1) is 22.7 Å². The van der Waals surface area contributed by atoms with E-state index in [1.54, 1.807) is 0 Å². The molecular weight excluding hydrogens is 276 g/mol. The maximum atomic E-state index is 9.14. The van der Waals surface area contributed by atoms with Gasteiger partial charge in [-0.2, -0.15) is 5.26 Å². The lowest BCUT2D eigenvalue weighted by Gasteiger charge is -2.47. The molecule has 1 aromatic carbocycles. The van der Waals surface area contributed by atoms with Gasteiger partial charge in [0.2, 0.25) is 0 Å². The van der Waals surface area contributed by atoms with Crippen LogP contribution in [0.3, 0.4) is 0 Å². The first kappa shape index (κ1) is 12.4. The van der Waals surface area contributed by atoms with E-state index in [9.17, 15) is 0 Å². The Labute approximate surface area is 111 Å². The first-order chi connectivity index (χ1) is 7.91. The van der Waals surface area contributed by atoms with Crippen molar-refractivity contribution in [3.05, 3.63) is 28.2 Å². The Morgan fingerprint density at radius 2 is 2.00 bits per heavy atom. The zero-order valence-electron chi connectivity index (χ0n) is 10.5. The lowest BCUT2D eigenvalue weighted by Crippen LogP contribution is -2.52. The molecular formula is C14H17BrN2. The van der Waals surface area contributed by atoms with Gasteiger partial charge in [-0.05, 0) is 29.5 Å². The van der Waals surface area contributed by atoms with E-state index in [4.69, 9.17) is 5.26 Å². The van der Waals surface area contributed by atoms with Gasteiger partial charge in [0, 0.05) is 17.6 Å². The average molecular weight is 293 g/mol. The summed E-state index contributed by atoms with van der Waals surface area (Å²) >= 11 is 3.40. The fraction of sp³-hybridized carbons (Fsp3) is 0.500. The Kier molecular flexibility index (Phi) is 3.18. The minimum atomic E-state index is 0.360. The molecule has 3 heteroatoms. The van der Waals surface area contributed by atoms with Crippen molar-refractivity contribution in [2.24, 2.45) is 11.3 Å². The van der Waals surface area contributed by atoms with Gasteiger partial charge in [-0.15, -0.1) is 0 Å². The summed E-state index contributed by atoms with van der Waals surface area (Å²) < 4.78 is 0.964. The van der Waals surface area contributed by atoms with Crippen molar-refractivity contribution in [2.45, 2.75) is 20.8 Å². The first-order valence-corrected chi connectivity index (χ1v) is 6.65. The summed E-state index contributed by atoms with van der Waals surface area (Å²) in [6.07, 6.45) is 0. The van der Waals surface area contributed by atoms with Crippen molar-refractivity contribution >= 4 is 21.6 Å². The average Bonchev–Trinajstić information content (AvgIpc) is 2.15. The van der Waals surface area contributed by atoms with Crippen molar-refractivity contribution in [1.82, 2.24) is 0 Å². The van der Waals surface area contributed by atoms with Crippen molar-refractivity contribution < 1.29 is 0 Å². The Balaban J connectivity index is 2.15. The highest BCUT2D eigenvalue weighted by Gasteiger charge is 2.36. The Hall–Kier alpha value is -1.01. The summed E-state index contributed by atoms with van der Waals surface area (Å²) in [5.74, 6) is 0.720. The predicted octanol–water partition coefficient (Wildman–Crippen LogP) is 3.80. The third kappa shape index (κ3) is 2.47. The number of hydrogen-bond acceptors (Lipinski definition) is 2.